The molecule has 0 saturated heterocycles. The van der Waals surface area contributed by atoms with Crippen molar-refractivity contribution < 1.29 is 0 Å². The lowest BCUT2D eigenvalue weighted by Gasteiger charge is -2.22. The lowest BCUT2D eigenvalue weighted by molar-refractivity contribution is 0.473. The molecule has 0 aliphatic rings. The van der Waals surface area contributed by atoms with E-state index in [9.17, 15) is 0 Å². The Labute approximate surface area is 458 Å². The van der Waals surface area contributed by atoms with Gasteiger partial charge < -0.3 is 0 Å². The molecule has 0 aliphatic heterocycles. The van der Waals surface area contributed by atoms with Crippen LogP contribution in [0.4, 0.5) is 0 Å². The normalized spacial score (nSPS) is 11.9. The summed E-state index contributed by atoms with van der Waals surface area (Å²) in [6.45, 7) is 9.32. The molecule has 72 heavy (non-hydrogen) atoms. The van der Waals surface area contributed by atoms with Crippen molar-refractivity contribution in [2.75, 3.05) is 0 Å². The largest absolute Gasteiger partial charge is 0.0654 e. The third-order valence-electron chi connectivity index (χ3n) is 17.5. The average molecular weight is 1000 g/mol. The maximum absolute atomic E-state index is 2.77. The summed E-state index contributed by atoms with van der Waals surface area (Å²) in [7, 11) is 0. The fraction of sp³-hybridized carbons (Fsp3) is 0.917. The van der Waals surface area contributed by atoms with E-state index < -0.39 is 0 Å². The molecule has 0 aliphatic carbocycles. The van der Waals surface area contributed by atoms with E-state index in [2.05, 4.69) is 52.0 Å². The molecule has 1 aromatic rings. The second kappa shape index (κ2) is 59.5. The molecule has 0 aromatic heterocycles. The van der Waals surface area contributed by atoms with E-state index in [1.807, 2.05) is 0 Å². The molecule has 1 aromatic carbocycles. The summed E-state index contributed by atoms with van der Waals surface area (Å²) in [4.78, 5) is 0. The fourth-order valence-electron chi connectivity index (χ4n) is 12.4. The first-order chi connectivity index (χ1) is 35.8. The lowest BCUT2D eigenvalue weighted by Crippen LogP contribution is -2.04. The van der Waals surface area contributed by atoms with Crippen molar-refractivity contribution in [2.24, 2.45) is 0 Å². The van der Waals surface area contributed by atoms with Crippen LogP contribution in [0.1, 0.15) is 436 Å². The topological polar surface area (TPSA) is 0 Å². The van der Waals surface area contributed by atoms with Crippen molar-refractivity contribution in [3.63, 3.8) is 0 Å². The molecule has 0 bridgehead atoms. The Morgan fingerprint density at radius 1 is 0.194 bits per heavy atom. The van der Waals surface area contributed by atoms with Crippen LogP contribution in [0.25, 0.3) is 0 Å². The van der Waals surface area contributed by atoms with Crippen molar-refractivity contribution in [3.8, 4) is 0 Å². The van der Waals surface area contributed by atoms with Crippen molar-refractivity contribution in [2.45, 2.75) is 425 Å². The van der Waals surface area contributed by atoms with E-state index in [0.717, 1.165) is 11.8 Å². The summed E-state index contributed by atoms with van der Waals surface area (Å²) < 4.78 is 0. The zero-order chi connectivity index (χ0) is 51.6. The van der Waals surface area contributed by atoms with E-state index in [-0.39, 0.29) is 0 Å². The zero-order valence-electron chi connectivity index (χ0n) is 50.9. The van der Waals surface area contributed by atoms with Crippen molar-refractivity contribution in [1.82, 2.24) is 0 Å². The minimum absolute atomic E-state index is 0.766. The Morgan fingerprint density at radius 3 is 0.486 bits per heavy atom. The molecule has 0 N–H and O–H groups in total. The summed E-state index contributed by atoms with van der Waals surface area (Å²) >= 11 is 0. The van der Waals surface area contributed by atoms with Crippen molar-refractivity contribution >= 4 is 0 Å². The molecule has 0 radical (unpaired) electrons. The molecular formula is C72H138. The first kappa shape index (κ1) is 69.2. The van der Waals surface area contributed by atoms with E-state index in [1.165, 1.54) is 385 Å². The predicted octanol–water partition coefficient (Wildman–Crippen LogP) is 27.3. The molecule has 0 atom stereocenters. The van der Waals surface area contributed by atoms with Crippen molar-refractivity contribution in [3.05, 3.63) is 35.4 Å². The Hall–Kier alpha value is -0.780. The van der Waals surface area contributed by atoms with Gasteiger partial charge in [-0.3, -0.25) is 0 Å². The number of rotatable bonds is 62. The molecule has 426 valence electrons. The lowest BCUT2D eigenvalue weighted by atomic mass is 9.83. The van der Waals surface area contributed by atoms with Crippen LogP contribution in [-0.2, 0) is 0 Å². The zero-order valence-corrected chi connectivity index (χ0v) is 50.9. The second-order valence-corrected chi connectivity index (χ2v) is 24.6. The molecule has 0 spiro atoms. The van der Waals surface area contributed by atoms with Crippen LogP contribution in [0.15, 0.2) is 24.3 Å². The van der Waals surface area contributed by atoms with Crippen molar-refractivity contribution in [1.29, 1.82) is 0 Å². The summed E-state index contributed by atoms with van der Waals surface area (Å²) in [5, 5.41) is 0. The monoisotopic (exact) mass is 1000 g/mol. The summed E-state index contributed by atoms with van der Waals surface area (Å²) in [5.41, 5.74) is 3.42. The van der Waals surface area contributed by atoms with Crippen LogP contribution in [0.2, 0.25) is 0 Å². The number of unbranched alkanes of at least 4 members (excludes halogenated alkanes) is 52. The van der Waals surface area contributed by atoms with Gasteiger partial charge in [0.1, 0.15) is 0 Å². The maximum Gasteiger partial charge on any atom is -0.0162 e. The van der Waals surface area contributed by atoms with Crippen LogP contribution < -0.4 is 0 Å². The minimum Gasteiger partial charge on any atom is -0.0654 e. The SMILES string of the molecule is CCCCCCCCCCCCCCCCC(CCCCCCCCCCCCCCCC)c1cccc(C(CCCCCCCCCCCCCCCC)CCCCCCCCCCCCCCCC)c1. The van der Waals surface area contributed by atoms with Gasteiger partial charge in [0.2, 0.25) is 0 Å². The fourth-order valence-corrected chi connectivity index (χ4v) is 12.4. The number of hydrogen-bond donors (Lipinski definition) is 0. The highest BCUT2D eigenvalue weighted by Gasteiger charge is 2.17. The number of benzene rings is 1. The van der Waals surface area contributed by atoms with Crippen LogP contribution in [-0.4, -0.2) is 0 Å². The average Bonchev–Trinajstić information content (AvgIpc) is 3.40. The van der Waals surface area contributed by atoms with Crippen LogP contribution in [0.5, 0.6) is 0 Å². The Kier molecular flexibility index (Phi) is 57.2. The highest BCUT2D eigenvalue weighted by atomic mass is 14.2. The molecule has 1 rings (SSSR count). The van der Waals surface area contributed by atoms with Crippen LogP contribution >= 0.6 is 0 Å². The van der Waals surface area contributed by atoms with E-state index >= 15 is 0 Å². The van der Waals surface area contributed by atoms with Gasteiger partial charge in [-0.05, 0) is 48.6 Å². The summed E-state index contributed by atoms with van der Waals surface area (Å²) in [6, 6.07) is 10.4. The smallest absolute Gasteiger partial charge is 0.0162 e. The van der Waals surface area contributed by atoms with Gasteiger partial charge in [-0.2, -0.15) is 0 Å². The molecule has 0 heteroatoms. The first-order valence-corrected chi connectivity index (χ1v) is 34.9. The molecule has 0 amide bonds. The van der Waals surface area contributed by atoms with Gasteiger partial charge in [-0.1, -0.05) is 412 Å². The van der Waals surface area contributed by atoms with Gasteiger partial charge in [0.15, 0.2) is 0 Å². The highest BCUT2D eigenvalue weighted by molar-refractivity contribution is 5.29. The molecule has 0 saturated carbocycles. The maximum atomic E-state index is 2.77. The van der Waals surface area contributed by atoms with Gasteiger partial charge >= 0.3 is 0 Å². The third-order valence-corrected chi connectivity index (χ3v) is 17.5. The summed E-state index contributed by atoms with van der Waals surface area (Å²) in [5.74, 6) is 1.53. The standard InChI is InChI=1S/C72H138/c1-5-9-13-17-21-25-29-33-37-41-45-49-53-57-62-69(63-58-54-50-46-42-38-34-30-26-22-18-14-10-6-2)71-66-61-67-72(68-71)70(64-59-55-51-47-43-39-35-31-27-23-19-15-11-7-3)65-60-56-52-48-44-40-36-32-28-24-20-16-12-8-4/h61,66-70H,5-60,62-65H2,1-4H3. The second-order valence-electron chi connectivity index (χ2n) is 24.6. The van der Waals surface area contributed by atoms with Gasteiger partial charge in [0.25, 0.3) is 0 Å². The van der Waals surface area contributed by atoms with Gasteiger partial charge in [0.05, 0.1) is 0 Å². The third kappa shape index (κ3) is 48.8. The highest BCUT2D eigenvalue weighted by Crippen LogP contribution is 2.35. The quantitative estimate of drug-likeness (QED) is 0.0571. The molecule has 0 unspecified atom stereocenters. The van der Waals surface area contributed by atoms with E-state index in [4.69, 9.17) is 0 Å². The van der Waals surface area contributed by atoms with Crippen LogP contribution in [0, 0.1) is 0 Å². The van der Waals surface area contributed by atoms with Crippen LogP contribution in [0.3, 0.4) is 0 Å². The molecular weight excluding hydrogens is 865 g/mol. The van der Waals surface area contributed by atoms with E-state index in [0.29, 0.717) is 0 Å². The Morgan fingerprint density at radius 2 is 0.333 bits per heavy atom. The van der Waals surface area contributed by atoms with Gasteiger partial charge in [-0.25, -0.2) is 0 Å². The Balaban J connectivity index is 2.72. The minimum atomic E-state index is 0.766. The molecule has 0 nitrogen and oxygen atoms in total. The summed E-state index contributed by atoms with van der Waals surface area (Å²) in [6.07, 6.45) is 87.3. The van der Waals surface area contributed by atoms with Gasteiger partial charge in [0, 0.05) is 0 Å². The molecule has 0 heterocycles. The van der Waals surface area contributed by atoms with E-state index in [1.54, 1.807) is 11.1 Å². The Bertz CT molecular complexity index is 970. The number of hydrogen-bond acceptors (Lipinski definition) is 0. The first-order valence-electron chi connectivity index (χ1n) is 34.9. The predicted molar refractivity (Wildman–Crippen MR) is 332 cm³/mol. The molecule has 0 fully saturated rings. The van der Waals surface area contributed by atoms with Gasteiger partial charge in [-0.15, -0.1) is 0 Å².